The molecule has 0 saturated carbocycles. The summed E-state index contributed by atoms with van der Waals surface area (Å²) in [5.41, 5.74) is 2.54. The second-order valence-corrected chi connectivity index (χ2v) is 9.17. The first kappa shape index (κ1) is 18.3. The molecule has 1 saturated heterocycles. The van der Waals surface area contributed by atoms with E-state index >= 15 is 0 Å². The van der Waals surface area contributed by atoms with Crippen molar-refractivity contribution in [1.29, 1.82) is 0 Å². The molecule has 0 unspecified atom stereocenters. The smallest absolute Gasteiger partial charge is 0.163 e. The summed E-state index contributed by atoms with van der Waals surface area (Å²) >= 11 is 1.76. The lowest BCUT2D eigenvalue weighted by atomic mass is 9.90. The normalized spacial score (nSPS) is 15.1. The van der Waals surface area contributed by atoms with E-state index < -0.39 is 0 Å². The molecule has 0 aliphatic carbocycles. The maximum absolute atomic E-state index is 5.04. The first-order valence-electron chi connectivity index (χ1n) is 10.4. The molecule has 1 aliphatic heterocycles. The Balaban J connectivity index is 1.41. The summed E-state index contributed by atoms with van der Waals surface area (Å²) in [6, 6.07) is 23.5. The molecular formula is C25H25N3S. The molecule has 0 amide bonds. The number of benzene rings is 2. The summed E-state index contributed by atoms with van der Waals surface area (Å²) in [5, 5.41) is 1.20. The summed E-state index contributed by atoms with van der Waals surface area (Å²) in [6.45, 7) is 4.28. The Kier molecular flexibility index (Phi) is 5.03. The molecule has 2 aromatic heterocycles. The van der Waals surface area contributed by atoms with Gasteiger partial charge in [0.05, 0.1) is 5.39 Å². The van der Waals surface area contributed by atoms with Gasteiger partial charge < -0.3 is 4.90 Å². The van der Waals surface area contributed by atoms with Crippen molar-refractivity contribution in [2.75, 3.05) is 18.0 Å². The number of aryl methyl sites for hydroxylation is 1. The summed E-state index contributed by atoms with van der Waals surface area (Å²) in [4.78, 5) is 14.8. The lowest BCUT2D eigenvalue weighted by Gasteiger charge is -2.33. The second kappa shape index (κ2) is 7.96. The van der Waals surface area contributed by atoms with Crippen LogP contribution in [0, 0.1) is 12.8 Å². The van der Waals surface area contributed by atoms with E-state index in [9.17, 15) is 0 Å². The van der Waals surface area contributed by atoms with Crippen LogP contribution in [0.5, 0.6) is 0 Å². The fourth-order valence-electron chi connectivity index (χ4n) is 4.28. The number of fused-ring (bicyclic) bond motifs is 1. The average molecular weight is 400 g/mol. The molecule has 0 spiro atoms. The van der Waals surface area contributed by atoms with Gasteiger partial charge in [0.2, 0.25) is 0 Å². The van der Waals surface area contributed by atoms with Gasteiger partial charge in [0.25, 0.3) is 0 Å². The molecule has 3 heterocycles. The summed E-state index contributed by atoms with van der Waals surface area (Å²) in [5.74, 6) is 2.70. The van der Waals surface area contributed by atoms with Crippen molar-refractivity contribution in [3.05, 3.63) is 77.2 Å². The van der Waals surface area contributed by atoms with Crippen LogP contribution in [0.15, 0.2) is 66.7 Å². The van der Waals surface area contributed by atoms with Crippen LogP contribution in [0.1, 0.15) is 23.3 Å². The third-order valence-corrected chi connectivity index (χ3v) is 6.75. The van der Waals surface area contributed by atoms with Gasteiger partial charge in [-0.1, -0.05) is 60.7 Å². The van der Waals surface area contributed by atoms with E-state index in [-0.39, 0.29) is 0 Å². The number of nitrogens with zero attached hydrogens (tertiary/aromatic N) is 3. The zero-order valence-electron chi connectivity index (χ0n) is 16.7. The van der Waals surface area contributed by atoms with Crippen LogP contribution in [0.2, 0.25) is 0 Å². The number of anilines is 1. The monoisotopic (exact) mass is 399 g/mol. The van der Waals surface area contributed by atoms with Crippen molar-refractivity contribution in [1.82, 2.24) is 9.97 Å². The number of piperidine rings is 1. The predicted molar refractivity (Wildman–Crippen MR) is 123 cm³/mol. The molecular weight excluding hydrogens is 374 g/mol. The zero-order chi connectivity index (χ0) is 19.6. The van der Waals surface area contributed by atoms with Crippen LogP contribution in [0.3, 0.4) is 0 Å². The fraction of sp³-hybridized carbons (Fsp3) is 0.280. The first-order valence-corrected chi connectivity index (χ1v) is 11.2. The molecule has 5 rings (SSSR count). The number of aromatic nitrogens is 2. The van der Waals surface area contributed by atoms with Crippen LogP contribution in [0.4, 0.5) is 5.82 Å². The van der Waals surface area contributed by atoms with Gasteiger partial charge in [0.15, 0.2) is 5.82 Å². The molecule has 4 aromatic rings. The van der Waals surface area contributed by atoms with E-state index in [0.29, 0.717) is 0 Å². The fourth-order valence-corrected chi connectivity index (χ4v) is 5.15. The average Bonchev–Trinajstić information content (AvgIpc) is 3.15. The summed E-state index contributed by atoms with van der Waals surface area (Å²) in [7, 11) is 0. The Morgan fingerprint density at radius 1 is 0.931 bits per heavy atom. The van der Waals surface area contributed by atoms with E-state index in [1.807, 2.05) is 6.07 Å². The Bertz CT molecular complexity index is 1100. The third kappa shape index (κ3) is 3.90. The largest absolute Gasteiger partial charge is 0.356 e. The highest BCUT2D eigenvalue weighted by Crippen LogP contribution is 2.35. The first-order chi connectivity index (χ1) is 14.3. The van der Waals surface area contributed by atoms with Crippen molar-refractivity contribution in [3.63, 3.8) is 0 Å². The van der Waals surface area contributed by atoms with Crippen molar-refractivity contribution < 1.29 is 0 Å². The maximum atomic E-state index is 5.04. The number of thiophene rings is 1. The minimum absolute atomic E-state index is 0.754. The Morgan fingerprint density at radius 2 is 1.62 bits per heavy atom. The quantitative estimate of drug-likeness (QED) is 0.413. The summed E-state index contributed by atoms with van der Waals surface area (Å²) in [6.07, 6.45) is 3.61. The van der Waals surface area contributed by atoms with Crippen LogP contribution in [0.25, 0.3) is 21.6 Å². The molecule has 3 nitrogen and oxygen atoms in total. The van der Waals surface area contributed by atoms with Gasteiger partial charge in [-0.05, 0) is 43.7 Å². The highest BCUT2D eigenvalue weighted by Gasteiger charge is 2.23. The topological polar surface area (TPSA) is 29.0 Å². The maximum Gasteiger partial charge on any atom is 0.163 e. The lowest BCUT2D eigenvalue weighted by molar-refractivity contribution is 0.403. The highest BCUT2D eigenvalue weighted by atomic mass is 32.1. The standard InChI is InChI=1S/C25H25N3S/c1-18-16-22-24(26-23(27-25(22)29-18)21-10-6-3-7-11-21)28-14-12-20(13-15-28)17-19-8-4-2-5-9-19/h2-11,16,20H,12-15,17H2,1H3. The number of hydrogen-bond acceptors (Lipinski definition) is 4. The molecule has 29 heavy (non-hydrogen) atoms. The Labute approximate surface area is 176 Å². The Hall–Kier alpha value is -2.72. The SMILES string of the molecule is Cc1cc2c(N3CCC(Cc4ccccc4)CC3)nc(-c3ccccc3)nc2s1. The molecule has 0 radical (unpaired) electrons. The van der Waals surface area contributed by atoms with Crippen LogP contribution in [-0.4, -0.2) is 23.1 Å². The third-order valence-electron chi connectivity index (χ3n) is 5.81. The minimum Gasteiger partial charge on any atom is -0.356 e. The molecule has 0 bridgehead atoms. The van der Waals surface area contributed by atoms with Crippen molar-refractivity contribution >= 4 is 27.4 Å². The van der Waals surface area contributed by atoms with Crippen molar-refractivity contribution in [2.45, 2.75) is 26.2 Å². The molecule has 4 heteroatoms. The lowest BCUT2D eigenvalue weighted by Crippen LogP contribution is -2.35. The van der Waals surface area contributed by atoms with Gasteiger partial charge in [0, 0.05) is 23.5 Å². The van der Waals surface area contributed by atoms with Gasteiger partial charge in [-0.25, -0.2) is 9.97 Å². The summed E-state index contributed by atoms with van der Waals surface area (Å²) < 4.78 is 0. The van der Waals surface area contributed by atoms with E-state index in [0.717, 1.165) is 41.0 Å². The van der Waals surface area contributed by atoms with Gasteiger partial charge in [-0.2, -0.15) is 0 Å². The van der Waals surface area contributed by atoms with Gasteiger partial charge >= 0.3 is 0 Å². The van der Waals surface area contributed by atoms with Crippen molar-refractivity contribution in [2.24, 2.45) is 5.92 Å². The predicted octanol–water partition coefficient (Wildman–Crippen LogP) is 6.13. The molecule has 0 atom stereocenters. The molecule has 146 valence electrons. The van der Waals surface area contributed by atoms with E-state index in [1.54, 1.807) is 11.3 Å². The van der Waals surface area contributed by atoms with Gasteiger partial charge in [-0.15, -0.1) is 11.3 Å². The minimum atomic E-state index is 0.754. The zero-order valence-corrected chi connectivity index (χ0v) is 17.5. The molecule has 1 aliphatic rings. The molecule has 1 fully saturated rings. The van der Waals surface area contributed by atoms with E-state index in [4.69, 9.17) is 9.97 Å². The second-order valence-electron chi connectivity index (χ2n) is 7.93. The molecule has 2 aromatic carbocycles. The highest BCUT2D eigenvalue weighted by molar-refractivity contribution is 7.18. The van der Waals surface area contributed by atoms with Crippen LogP contribution >= 0.6 is 11.3 Å². The Morgan fingerprint density at radius 3 is 2.34 bits per heavy atom. The van der Waals surface area contributed by atoms with E-state index in [2.05, 4.69) is 72.5 Å². The van der Waals surface area contributed by atoms with Crippen LogP contribution in [-0.2, 0) is 6.42 Å². The van der Waals surface area contributed by atoms with E-state index in [1.165, 1.54) is 35.1 Å². The van der Waals surface area contributed by atoms with Crippen LogP contribution < -0.4 is 4.90 Å². The van der Waals surface area contributed by atoms with Gasteiger partial charge in [0.1, 0.15) is 10.6 Å². The number of hydrogen-bond donors (Lipinski definition) is 0. The number of rotatable bonds is 4. The molecule has 0 N–H and O–H groups in total. The van der Waals surface area contributed by atoms with Gasteiger partial charge in [-0.3, -0.25) is 0 Å². The van der Waals surface area contributed by atoms with Crippen molar-refractivity contribution in [3.8, 4) is 11.4 Å².